The van der Waals surface area contributed by atoms with Crippen LogP contribution in [0.5, 0.6) is 0 Å². The molecular weight excluding hydrogens is 315 g/mol. The quantitative estimate of drug-likeness (QED) is 0.476. The van der Waals surface area contributed by atoms with Crippen LogP contribution in [0.15, 0.2) is 17.0 Å². The number of carbonyl (C=O) groups is 1. The number of ether oxygens (including phenoxy) is 1. The summed E-state index contributed by atoms with van der Waals surface area (Å²) in [6.45, 7) is 1.65. The fraction of sp³-hybridized carbons (Fsp3) is 0.333. The van der Waals surface area contributed by atoms with Gasteiger partial charge in [0.1, 0.15) is 0 Å². The van der Waals surface area contributed by atoms with Gasteiger partial charge in [0.05, 0.1) is 23.8 Å². The summed E-state index contributed by atoms with van der Waals surface area (Å²) < 4.78 is 42.2. The third-order valence-electron chi connectivity index (χ3n) is 2.20. The molecule has 0 N–H and O–H groups in total. The molecule has 0 aliphatic rings. The number of rotatable bonds is 4. The van der Waals surface area contributed by atoms with E-state index >= 15 is 0 Å². The maximum Gasteiger partial charge on any atom is 0.446 e. The first-order valence-electron chi connectivity index (χ1n) is 5.38. The van der Waals surface area contributed by atoms with Crippen molar-refractivity contribution in [3.8, 4) is 6.07 Å². The first kappa shape index (κ1) is 16.7. The van der Waals surface area contributed by atoms with Gasteiger partial charge in [-0.05, 0) is 36.4 Å². The molecule has 0 amide bonds. The number of nitrogens with zero attached hydrogens (tertiary/aromatic N) is 1. The lowest BCUT2D eigenvalue weighted by Gasteiger charge is -2.12. The van der Waals surface area contributed by atoms with Crippen LogP contribution < -0.4 is 0 Å². The molecule has 20 heavy (non-hydrogen) atoms. The zero-order chi connectivity index (χ0) is 15.3. The van der Waals surface area contributed by atoms with Crippen molar-refractivity contribution in [3.05, 3.63) is 28.8 Å². The fourth-order valence-corrected chi connectivity index (χ4v) is 2.54. The summed E-state index contributed by atoms with van der Waals surface area (Å²) in [6.07, 6.45) is 0. The lowest BCUT2D eigenvalue weighted by molar-refractivity contribution is -0.0328. The summed E-state index contributed by atoms with van der Waals surface area (Å²) in [4.78, 5) is 11.3. The Labute approximate surface area is 122 Å². The van der Waals surface area contributed by atoms with Crippen molar-refractivity contribution in [2.75, 3.05) is 6.61 Å². The van der Waals surface area contributed by atoms with E-state index in [1.165, 1.54) is 6.07 Å². The Morgan fingerprint density at radius 3 is 2.60 bits per heavy atom. The molecule has 0 radical (unpaired) electrons. The van der Waals surface area contributed by atoms with E-state index in [2.05, 4.69) is 0 Å². The SMILES string of the molecule is CCOC(=O)c1cc(C#N)c(CCl)c(SC(F)(F)F)c1. The van der Waals surface area contributed by atoms with Gasteiger partial charge in [-0.3, -0.25) is 0 Å². The zero-order valence-electron chi connectivity index (χ0n) is 10.3. The van der Waals surface area contributed by atoms with Crippen LogP contribution in [0.1, 0.15) is 28.4 Å². The second-order valence-electron chi connectivity index (χ2n) is 3.51. The minimum atomic E-state index is -4.54. The van der Waals surface area contributed by atoms with Gasteiger partial charge in [-0.15, -0.1) is 11.6 Å². The lowest BCUT2D eigenvalue weighted by Crippen LogP contribution is -2.08. The number of thioether (sulfide) groups is 1. The van der Waals surface area contributed by atoms with Crippen molar-refractivity contribution in [1.82, 2.24) is 0 Å². The molecule has 0 unspecified atom stereocenters. The Balaban J connectivity index is 3.35. The Hall–Kier alpha value is -1.39. The first-order chi connectivity index (χ1) is 9.32. The van der Waals surface area contributed by atoms with Gasteiger partial charge < -0.3 is 4.74 Å². The predicted molar refractivity (Wildman–Crippen MR) is 68.6 cm³/mol. The highest BCUT2D eigenvalue weighted by Gasteiger charge is 2.31. The van der Waals surface area contributed by atoms with Gasteiger partial charge in [-0.1, -0.05) is 0 Å². The number of carbonyl (C=O) groups excluding carboxylic acids is 1. The number of benzene rings is 1. The maximum absolute atomic E-state index is 12.5. The molecule has 0 saturated heterocycles. The highest BCUT2D eigenvalue weighted by molar-refractivity contribution is 8.00. The Kier molecular flexibility index (Phi) is 5.72. The van der Waals surface area contributed by atoms with Crippen LogP contribution >= 0.6 is 23.4 Å². The van der Waals surface area contributed by atoms with Gasteiger partial charge in [0.15, 0.2) is 0 Å². The monoisotopic (exact) mass is 323 g/mol. The summed E-state index contributed by atoms with van der Waals surface area (Å²) in [5.74, 6) is -1.04. The molecule has 0 bridgehead atoms. The van der Waals surface area contributed by atoms with Crippen LogP contribution in [0.4, 0.5) is 13.2 Å². The van der Waals surface area contributed by atoms with Crippen molar-refractivity contribution in [3.63, 3.8) is 0 Å². The van der Waals surface area contributed by atoms with E-state index in [4.69, 9.17) is 21.6 Å². The van der Waals surface area contributed by atoms with Crippen molar-refractivity contribution in [2.45, 2.75) is 23.2 Å². The largest absolute Gasteiger partial charge is 0.462 e. The number of nitriles is 1. The molecule has 0 spiro atoms. The zero-order valence-corrected chi connectivity index (χ0v) is 11.8. The minimum absolute atomic E-state index is 0.0459. The Bertz CT molecular complexity index is 555. The lowest BCUT2D eigenvalue weighted by atomic mass is 10.1. The predicted octanol–water partition coefficient (Wildman–Crippen LogP) is 4.09. The molecule has 0 fully saturated rings. The second-order valence-corrected chi connectivity index (χ2v) is 4.89. The van der Waals surface area contributed by atoms with Crippen molar-refractivity contribution >= 4 is 29.3 Å². The van der Waals surface area contributed by atoms with Crippen molar-refractivity contribution in [1.29, 1.82) is 5.26 Å². The van der Waals surface area contributed by atoms with Gasteiger partial charge in [0.2, 0.25) is 0 Å². The van der Waals surface area contributed by atoms with E-state index < -0.39 is 23.2 Å². The molecule has 108 valence electrons. The third kappa shape index (κ3) is 4.32. The summed E-state index contributed by atoms with van der Waals surface area (Å²) >= 11 is 5.18. The topological polar surface area (TPSA) is 50.1 Å². The van der Waals surface area contributed by atoms with Gasteiger partial charge in [0, 0.05) is 10.8 Å². The first-order valence-corrected chi connectivity index (χ1v) is 6.73. The average Bonchev–Trinajstić information content (AvgIpc) is 2.36. The molecule has 0 aliphatic carbocycles. The van der Waals surface area contributed by atoms with Crippen LogP contribution in [-0.4, -0.2) is 18.1 Å². The summed E-state index contributed by atoms with van der Waals surface area (Å²) in [7, 11) is 0. The number of hydrogen-bond acceptors (Lipinski definition) is 4. The van der Waals surface area contributed by atoms with Gasteiger partial charge >= 0.3 is 11.5 Å². The maximum atomic E-state index is 12.5. The molecule has 3 nitrogen and oxygen atoms in total. The number of hydrogen-bond donors (Lipinski definition) is 0. The van der Waals surface area contributed by atoms with E-state index in [0.717, 1.165) is 6.07 Å². The van der Waals surface area contributed by atoms with E-state index in [1.807, 2.05) is 0 Å². The van der Waals surface area contributed by atoms with Crippen LogP contribution in [0.25, 0.3) is 0 Å². The minimum Gasteiger partial charge on any atom is -0.462 e. The normalized spacial score (nSPS) is 11.0. The van der Waals surface area contributed by atoms with Crippen molar-refractivity contribution < 1.29 is 22.7 Å². The van der Waals surface area contributed by atoms with E-state index in [9.17, 15) is 18.0 Å². The summed E-state index contributed by atoms with van der Waals surface area (Å²) in [6, 6.07) is 3.95. The van der Waals surface area contributed by atoms with E-state index in [0.29, 0.717) is 0 Å². The van der Waals surface area contributed by atoms with Crippen LogP contribution in [0, 0.1) is 11.3 Å². The molecule has 0 aromatic heterocycles. The molecule has 1 aromatic rings. The summed E-state index contributed by atoms with van der Waals surface area (Å²) in [5.41, 5.74) is -4.67. The molecule has 1 aromatic carbocycles. The Morgan fingerprint density at radius 1 is 1.50 bits per heavy atom. The van der Waals surface area contributed by atoms with Crippen LogP contribution in [0.3, 0.4) is 0 Å². The second kappa shape index (κ2) is 6.86. The van der Waals surface area contributed by atoms with Crippen LogP contribution in [0.2, 0.25) is 0 Å². The molecule has 0 heterocycles. The Morgan fingerprint density at radius 2 is 2.15 bits per heavy atom. The molecule has 0 saturated carbocycles. The highest BCUT2D eigenvalue weighted by Crippen LogP contribution is 2.40. The third-order valence-corrected chi connectivity index (χ3v) is 3.28. The number of halogens is 4. The molecule has 8 heteroatoms. The van der Waals surface area contributed by atoms with Crippen LogP contribution in [-0.2, 0) is 10.6 Å². The van der Waals surface area contributed by atoms with Crippen molar-refractivity contribution in [2.24, 2.45) is 0 Å². The molecule has 0 aliphatic heterocycles. The number of esters is 1. The highest BCUT2D eigenvalue weighted by atomic mass is 35.5. The number of alkyl halides is 4. The molecule has 1 rings (SSSR count). The van der Waals surface area contributed by atoms with Gasteiger partial charge in [-0.25, -0.2) is 4.79 Å². The fourth-order valence-electron chi connectivity index (χ4n) is 1.43. The molecular formula is C12H9ClF3NO2S. The van der Waals surface area contributed by atoms with Gasteiger partial charge in [-0.2, -0.15) is 18.4 Å². The smallest absolute Gasteiger partial charge is 0.446 e. The van der Waals surface area contributed by atoms with E-state index in [1.54, 1.807) is 13.0 Å². The van der Waals surface area contributed by atoms with Gasteiger partial charge in [0.25, 0.3) is 0 Å². The standard InChI is InChI=1S/C12H9ClF3NO2S/c1-2-19-11(18)7-3-8(6-17)9(5-13)10(4-7)20-12(14,15)16/h3-4H,2,5H2,1H3. The average molecular weight is 324 g/mol. The van der Waals surface area contributed by atoms with E-state index in [-0.39, 0.29) is 34.1 Å². The molecule has 0 atom stereocenters. The summed E-state index contributed by atoms with van der Waals surface area (Å²) in [5, 5.41) is 8.96.